The number of methoxy groups -OCH3 is 1. The molecule has 0 bridgehead atoms. The lowest BCUT2D eigenvalue weighted by Gasteiger charge is -2.13. The molecule has 4 nitrogen and oxygen atoms in total. The van der Waals surface area contributed by atoms with Gasteiger partial charge in [0.25, 0.3) is 0 Å². The molecular weight excluding hydrogens is 220 g/mol. The van der Waals surface area contributed by atoms with E-state index in [1.54, 1.807) is 7.11 Å². The van der Waals surface area contributed by atoms with Crippen molar-refractivity contribution < 1.29 is 19.7 Å². The van der Waals surface area contributed by atoms with Crippen molar-refractivity contribution in [1.29, 1.82) is 0 Å². The minimum absolute atomic E-state index is 0.218. The van der Waals surface area contributed by atoms with Crippen molar-refractivity contribution in [3.05, 3.63) is 29.8 Å². The van der Waals surface area contributed by atoms with Gasteiger partial charge in [-0.3, -0.25) is 0 Å². The summed E-state index contributed by atoms with van der Waals surface area (Å²) < 4.78 is 5.06. The van der Waals surface area contributed by atoms with Crippen molar-refractivity contribution in [3.8, 4) is 5.75 Å². The third-order valence-corrected chi connectivity index (χ3v) is 2.84. The van der Waals surface area contributed by atoms with Crippen molar-refractivity contribution in [1.82, 2.24) is 0 Å². The zero-order chi connectivity index (χ0) is 12.8. The maximum Gasteiger partial charge on any atom is 0.332 e. The smallest absolute Gasteiger partial charge is 0.332 e. The first-order valence-corrected chi connectivity index (χ1v) is 5.59. The van der Waals surface area contributed by atoms with E-state index in [9.17, 15) is 9.90 Å². The highest BCUT2D eigenvalue weighted by Crippen LogP contribution is 2.23. The molecule has 1 rings (SSSR count). The van der Waals surface area contributed by atoms with Gasteiger partial charge < -0.3 is 14.9 Å². The Kier molecular flexibility index (Phi) is 4.97. The quantitative estimate of drug-likeness (QED) is 0.795. The number of ether oxygens (including phenoxy) is 1. The summed E-state index contributed by atoms with van der Waals surface area (Å²) >= 11 is 0. The van der Waals surface area contributed by atoms with Crippen LogP contribution in [-0.4, -0.2) is 29.4 Å². The van der Waals surface area contributed by atoms with Crippen LogP contribution in [0.5, 0.6) is 5.75 Å². The van der Waals surface area contributed by atoms with Gasteiger partial charge in [-0.05, 0) is 36.5 Å². The molecule has 2 N–H and O–H groups in total. The van der Waals surface area contributed by atoms with Gasteiger partial charge in [0.05, 0.1) is 7.11 Å². The van der Waals surface area contributed by atoms with Crippen LogP contribution in [0.25, 0.3) is 0 Å². The summed E-state index contributed by atoms with van der Waals surface area (Å²) in [5.74, 6) is -0.145. The van der Waals surface area contributed by atoms with Gasteiger partial charge in [-0.15, -0.1) is 0 Å². The summed E-state index contributed by atoms with van der Waals surface area (Å²) in [6.45, 7) is 2.01. The summed E-state index contributed by atoms with van der Waals surface area (Å²) in [6.07, 6.45) is -0.363. The van der Waals surface area contributed by atoms with Crippen LogP contribution in [0.3, 0.4) is 0 Å². The molecule has 0 saturated heterocycles. The number of benzene rings is 1. The molecule has 0 radical (unpaired) electrons. The van der Waals surface area contributed by atoms with Crippen LogP contribution < -0.4 is 4.74 Å². The Labute approximate surface area is 101 Å². The molecule has 2 atom stereocenters. The van der Waals surface area contributed by atoms with E-state index >= 15 is 0 Å². The van der Waals surface area contributed by atoms with Crippen LogP contribution in [0.4, 0.5) is 0 Å². The molecule has 1 aromatic carbocycles. The SMILES string of the molecule is COc1ccc(C(C)CC[C@@H](O)C(=O)O)cc1. The lowest BCUT2D eigenvalue weighted by atomic mass is 9.95. The fraction of sp³-hybridized carbons (Fsp3) is 0.462. The molecule has 4 heteroatoms. The van der Waals surface area contributed by atoms with Crippen LogP contribution in [-0.2, 0) is 4.79 Å². The monoisotopic (exact) mass is 238 g/mol. The molecule has 1 unspecified atom stereocenters. The summed E-state index contributed by atoms with van der Waals surface area (Å²) in [4.78, 5) is 10.5. The Morgan fingerprint density at radius 2 is 1.88 bits per heavy atom. The molecule has 94 valence electrons. The van der Waals surface area contributed by atoms with Crippen molar-refractivity contribution in [2.75, 3.05) is 7.11 Å². The molecule has 0 aliphatic carbocycles. The predicted octanol–water partition coefficient (Wildman–Crippen LogP) is 2.02. The molecule has 0 fully saturated rings. The van der Waals surface area contributed by atoms with Gasteiger partial charge in [0.2, 0.25) is 0 Å². The highest BCUT2D eigenvalue weighted by atomic mass is 16.5. The van der Waals surface area contributed by atoms with Gasteiger partial charge in [0.15, 0.2) is 6.10 Å². The maximum atomic E-state index is 10.5. The molecule has 0 saturated carbocycles. The average Bonchev–Trinajstić information content (AvgIpc) is 2.35. The van der Waals surface area contributed by atoms with Crippen molar-refractivity contribution >= 4 is 5.97 Å². The summed E-state index contributed by atoms with van der Waals surface area (Å²) in [7, 11) is 1.61. The Bertz CT molecular complexity index is 358. The standard InChI is InChI=1S/C13H18O4/c1-9(3-8-12(14)13(15)16)10-4-6-11(17-2)7-5-10/h4-7,9,12,14H,3,8H2,1-2H3,(H,15,16)/t9?,12-/m1/s1. The minimum atomic E-state index is -1.27. The van der Waals surface area contributed by atoms with Crippen molar-refractivity contribution in [2.24, 2.45) is 0 Å². The van der Waals surface area contributed by atoms with Crippen LogP contribution in [0.1, 0.15) is 31.2 Å². The van der Waals surface area contributed by atoms with Crippen LogP contribution in [0.15, 0.2) is 24.3 Å². The van der Waals surface area contributed by atoms with Crippen LogP contribution in [0, 0.1) is 0 Å². The summed E-state index contributed by atoms with van der Waals surface area (Å²) in [5, 5.41) is 17.8. The fourth-order valence-corrected chi connectivity index (χ4v) is 1.63. The number of aliphatic carboxylic acids is 1. The molecular formula is C13H18O4. The van der Waals surface area contributed by atoms with Crippen LogP contribution in [0.2, 0.25) is 0 Å². The number of hydrogen-bond acceptors (Lipinski definition) is 3. The van der Waals surface area contributed by atoms with E-state index < -0.39 is 12.1 Å². The fourth-order valence-electron chi connectivity index (χ4n) is 1.63. The first-order valence-electron chi connectivity index (χ1n) is 5.59. The largest absolute Gasteiger partial charge is 0.497 e. The Morgan fingerprint density at radius 3 is 2.35 bits per heavy atom. The van der Waals surface area contributed by atoms with Gasteiger partial charge in [-0.2, -0.15) is 0 Å². The Balaban J connectivity index is 2.51. The molecule has 17 heavy (non-hydrogen) atoms. The Morgan fingerprint density at radius 1 is 1.29 bits per heavy atom. The number of hydrogen-bond donors (Lipinski definition) is 2. The topological polar surface area (TPSA) is 66.8 Å². The van der Waals surface area contributed by atoms with E-state index in [1.165, 1.54) is 0 Å². The second kappa shape index (κ2) is 6.25. The van der Waals surface area contributed by atoms with Gasteiger partial charge >= 0.3 is 5.97 Å². The highest BCUT2D eigenvalue weighted by Gasteiger charge is 2.15. The maximum absolute atomic E-state index is 10.5. The Hall–Kier alpha value is -1.55. The molecule has 0 heterocycles. The molecule has 1 aromatic rings. The minimum Gasteiger partial charge on any atom is -0.497 e. The van der Waals surface area contributed by atoms with Gasteiger partial charge in [0, 0.05) is 0 Å². The zero-order valence-electron chi connectivity index (χ0n) is 10.1. The molecule has 0 amide bonds. The van der Waals surface area contributed by atoms with Gasteiger partial charge in [-0.1, -0.05) is 19.1 Å². The number of carboxylic acids is 1. The first kappa shape index (κ1) is 13.5. The van der Waals surface area contributed by atoms with E-state index in [1.807, 2.05) is 31.2 Å². The summed E-state index contributed by atoms with van der Waals surface area (Å²) in [5.41, 5.74) is 1.11. The van der Waals surface area contributed by atoms with E-state index in [0.29, 0.717) is 6.42 Å². The summed E-state index contributed by atoms with van der Waals surface area (Å²) in [6, 6.07) is 7.66. The van der Waals surface area contributed by atoms with Gasteiger partial charge in [-0.25, -0.2) is 4.79 Å². The highest BCUT2D eigenvalue weighted by molar-refractivity contribution is 5.71. The van der Waals surface area contributed by atoms with Crippen LogP contribution >= 0.6 is 0 Å². The third-order valence-electron chi connectivity index (χ3n) is 2.84. The van der Waals surface area contributed by atoms with Gasteiger partial charge in [0.1, 0.15) is 5.75 Å². The number of carboxylic acid groups (broad SMARTS) is 1. The molecule has 0 aliphatic rings. The van der Waals surface area contributed by atoms with E-state index in [0.717, 1.165) is 11.3 Å². The number of aliphatic hydroxyl groups is 1. The first-order chi connectivity index (χ1) is 8.04. The normalized spacial score (nSPS) is 14.1. The number of aliphatic hydroxyl groups excluding tert-OH is 1. The second-order valence-corrected chi connectivity index (χ2v) is 4.11. The predicted molar refractivity (Wildman–Crippen MR) is 64.3 cm³/mol. The lowest BCUT2D eigenvalue weighted by Crippen LogP contribution is -2.19. The number of rotatable bonds is 6. The molecule has 0 spiro atoms. The number of carbonyl (C=O) groups is 1. The van der Waals surface area contributed by atoms with E-state index in [4.69, 9.17) is 9.84 Å². The second-order valence-electron chi connectivity index (χ2n) is 4.11. The average molecular weight is 238 g/mol. The van der Waals surface area contributed by atoms with Crippen molar-refractivity contribution in [2.45, 2.75) is 31.8 Å². The molecule has 0 aromatic heterocycles. The lowest BCUT2D eigenvalue weighted by molar-refractivity contribution is -0.147. The van der Waals surface area contributed by atoms with E-state index in [-0.39, 0.29) is 12.3 Å². The van der Waals surface area contributed by atoms with Crippen molar-refractivity contribution in [3.63, 3.8) is 0 Å². The van der Waals surface area contributed by atoms with E-state index in [2.05, 4.69) is 0 Å². The third kappa shape index (κ3) is 4.07. The molecule has 0 aliphatic heterocycles. The zero-order valence-corrected chi connectivity index (χ0v) is 10.1.